The van der Waals surface area contributed by atoms with E-state index in [1.807, 2.05) is 30.3 Å². The second kappa shape index (κ2) is 8.21. The fraction of sp³-hybridized carbons (Fsp3) is 0.0455. The van der Waals surface area contributed by atoms with Gasteiger partial charge in [-0.05, 0) is 59.2 Å². The van der Waals surface area contributed by atoms with Crippen LogP contribution in [0.5, 0.6) is 0 Å². The van der Waals surface area contributed by atoms with Gasteiger partial charge in [-0.15, -0.1) is 0 Å². The fourth-order valence-electron chi connectivity index (χ4n) is 2.86. The molecule has 0 aliphatic carbocycles. The highest BCUT2D eigenvalue weighted by Gasteiger charge is 2.14. The second-order valence-corrected chi connectivity index (χ2v) is 8.59. The van der Waals surface area contributed by atoms with Gasteiger partial charge in [-0.1, -0.05) is 41.9 Å². The highest BCUT2D eigenvalue weighted by atomic mass is 35.5. The van der Waals surface area contributed by atoms with Gasteiger partial charge in [0.15, 0.2) is 5.76 Å². The van der Waals surface area contributed by atoms with Crippen molar-refractivity contribution in [2.75, 3.05) is 0 Å². The van der Waals surface area contributed by atoms with Crippen molar-refractivity contribution in [2.45, 2.75) is 11.4 Å². The Morgan fingerprint density at radius 3 is 2.41 bits per heavy atom. The summed E-state index contributed by atoms with van der Waals surface area (Å²) in [6.07, 6.45) is 3.21. The second-order valence-electron chi connectivity index (χ2n) is 6.39. The molecule has 0 radical (unpaired) electrons. The Bertz CT molecular complexity index is 1200. The van der Waals surface area contributed by atoms with Crippen molar-refractivity contribution >= 4 is 21.6 Å². The molecule has 4 rings (SSSR count). The molecular formula is C22H17ClN2O3S. The van der Waals surface area contributed by atoms with E-state index in [2.05, 4.69) is 9.71 Å². The molecule has 0 bridgehead atoms. The third-order valence-electron chi connectivity index (χ3n) is 4.39. The van der Waals surface area contributed by atoms with Crippen molar-refractivity contribution in [3.8, 4) is 22.6 Å². The van der Waals surface area contributed by atoms with Gasteiger partial charge in [0.2, 0.25) is 10.0 Å². The highest BCUT2D eigenvalue weighted by molar-refractivity contribution is 7.89. The normalized spacial score (nSPS) is 11.5. The predicted molar refractivity (Wildman–Crippen MR) is 113 cm³/mol. The number of furan rings is 1. The van der Waals surface area contributed by atoms with Crippen molar-refractivity contribution in [1.29, 1.82) is 0 Å². The Balaban J connectivity index is 1.44. The maximum absolute atomic E-state index is 12.6. The number of nitrogens with zero attached hydrogens (tertiary/aromatic N) is 1. The van der Waals surface area contributed by atoms with E-state index < -0.39 is 10.0 Å². The van der Waals surface area contributed by atoms with E-state index in [0.717, 1.165) is 16.7 Å². The lowest BCUT2D eigenvalue weighted by atomic mass is 10.1. The van der Waals surface area contributed by atoms with Crippen LogP contribution >= 0.6 is 11.6 Å². The number of benzene rings is 2. The Hall–Kier alpha value is -2.93. The molecule has 2 aromatic heterocycles. The van der Waals surface area contributed by atoms with Gasteiger partial charge in [0.05, 0.1) is 11.2 Å². The summed E-state index contributed by atoms with van der Waals surface area (Å²) < 4.78 is 33.1. The van der Waals surface area contributed by atoms with Gasteiger partial charge < -0.3 is 4.42 Å². The van der Waals surface area contributed by atoms with Crippen LogP contribution in [-0.4, -0.2) is 13.4 Å². The first-order chi connectivity index (χ1) is 14.0. The lowest BCUT2D eigenvalue weighted by Crippen LogP contribution is -2.23. The molecule has 29 heavy (non-hydrogen) atoms. The number of pyridine rings is 1. The lowest BCUT2D eigenvalue weighted by molar-refractivity contribution is 0.578. The summed E-state index contributed by atoms with van der Waals surface area (Å²) in [5, 5.41) is 0.632. The molecule has 2 aromatic carbocycles. The van der Waals surface area contributed by atoms with Gasteiger partial charge in [-0.3, -0.25) is 4.98 Å². The first-order valence-electron chi connectivity index (χ1n) is 8.86. The summed E-state index contributed by atoms with van der Waals surface area (Å²) in [4.78, 5) is 4.51. The van der Waals surface area contributed by atoms with Gasteiger partial charge in [-0.25, -0.2) is 13.1 Å². The maximum Gasteiger partial charge on any atom is 0.240 e. The molecule has 0 unspecified atom stereocenters. The molecule has 4 aromatic rings. The molecule has 7 heteroatoms. The first kappa shape index (κ1) is 19.4. The summed E-state index contributed by atoms with van der Waals surface area (Å²) in [5.41, 5.74) is 3.26. The quantitative estimate of drug-likeness (QED) is 0.465. The Labute approximate surface area is 174 Å². The molecule has 1 N–H and O–H groups in total. The average Bonchev–Trinajstić information content (AvgIpc) is 3.28. The summed E-state index contributed by atoms with van der Waals surface area (Å²) in [7, 11) is -3.64. The van der Waals surface area contributed by atoms with Crippen LogP contribution in [0.3, 0.4) is 0 Å². The van der Waals surface area contributed by atoms with Crippen molar-refractivity contribution in [2.24, 2.45) is 0 Å². The zero-order valence-electron chi connectivity index (χ0n) is 15.2. The number of hydrogen-bond donors (Lipinski definition) is 1. The number of halogens is 1. The lowest BCUT2D eigenvalue weighted by Gasteiger charge is -2.08. The molecule has 0 aliphatic rings. The molecule has 146 valence electrons. The number of rotatable bonds is 6. The Kier molecular flexibility index (Phi) is 5.49. The zero-order chi connectivity index (χ0) is 20.3. The van der Waals surface area contributed by atoms with E-state index in [1.54, 1.807) is 54.9 Å². The number of nitrogens with one attached hydrogen (secondary N) is 1. The molecule has 5 nitrogen and oxygen atoms in total. The van der Waals surface area contributed by atoms with E-state index in [4.69, 9.17) is 16.0 Å². The molecule has 0 saturated heterocycles. The molecule has 0 saturated carbocycles. The molecule has 0 fully saturated rings. The number of aromatic nitrogens is 1. The van der Waals surface area contributed by atoms with Gasteiger partial charge in [0, 0.05) is 17.8 Å². The van der Waals surface area contributed by atoms with Crippen molar-refractivity contribution < 1.29 is 12.8 Å². The minimum absolute atomic E-state index is 0.143. The van der Waals surface area contributed by atoms with Crippen LogP contribution in [-0.2, 0) is 16.6 Å². The smallest absolute Gasteiger partial charge is 0.240 e. The predicted octanol–water partition coefficient (Wildman–Crippen LogP) is 5.14. The van der Waals surface area contributed by atoms with Crippen LogP contribution in [0.2, 0.25) is 5.02 Å². The fourth-order valence-corrected chi connectivity index (χ4v) is 4.06. The van der Waals surface area contributed by atoms with Crippen LogP contribution < -0.4 is 4.72 Å². The zero-order valence-corrected chi connectivity index (χ0v) is 16.8. The van der Waals surface area contributed by atoms with Crippen LogP contribution in [0.15, 0.2) is 94.6 Å². The van der Waals surface area contributed by atoms with Crippen LogP contribution in [0, 0.1) is 0 Å². The van der Waals surface area contributed by atoms with E-state index in [1.165, 1.54) is 0 Å². The van der Waals surface area contributed by atoms with Gasteiger partial charge >= 0.3 is 0 Å². The molecule has 0 spiro atoms. The topological polar surface area (TPSA) is 72.2 Å². The SMILES string of the molecule is O=S(=O)(NCc1ccc(-c2ccco2)nc1)c1ccc(-c2cccc(Cl)c2)cc1. The van der Waals surface area contributed by atoms with Gasteiger partial charge in [0.25, 0.3) is 0 Å². The Morgan fingerprint density at radius 1 is 0.931 bits per heavy atom. The monoisotopic (exact) mass is 424 g/mol. The van der Waals surface area contributed by atoms with Crippen LogP contribution in [0.1, 0.15) is 5.56 Å². The van der Waals surface area contributed by atoms with Gasteiger partial charge in [0.1, 0.15) is 5.69 Å². The van der Waals surface area contributed by atoms with E-state index in [-0.39, 0.29) is 11.4 Å². The highest BCUT2D eigenvalue weighted by Crippen LogP contribution is 2.24. The first-order valence-corrected chi connectivity index (χ1v) is 10.7. The number of sulfonamides is 1. The Morgan fingerprint density at radius 2 is 1.76 bits per heavy atom. The third-order valence-corrected chi connectivity index (χ3v) is 6.04. The summed E-state index contributed by atoms with van der Waals surface area (Å²) >= 11 is 6.02. The largest absolute Gasteiger partial charge is 0.463 e. The van der Waals surface area contributed by atoms with Gasteiger partial charge in [-0.2, -0.15) is 0 Å². The molecule has 0 atom stereocenters. The van der Waals surface area contributed by atoms with E-state index >= 15 is 0 Å². The average molecular weight is 425 g/mol. The minimum Gasteiger partial charge on any atom is -0.463 e. The van der Waals surface area contributed by atoms with Crippen molar-refractivity contribution in [3.63, 3.8) is 0 Å². The van der Waals surface area contributed by atoms with Crippen molar-refractivity contribution in [3.05, 3.63) is 95.8 Å². The molecular weight excluding hydrogens is 408 g/mol. The van der Waals surface area contributed by atoms with E-state index in [9.17, 15) is 8.42 Å². The van der Waals surface area contributed by atoms with Crippen LogP contribution in [0.4, 0.5) is 0 Å². The van der Waals surface area contributed by atoms with E-state index in [0.29, 0.717) is 16.5 Å². The summed E-state index contributed by atoms with van der Waals surface area (Å²) in [6, 6.07) is 21.3. The standard InChI is InChI=1S/C22H17ClN2O3S/c23-19-4-1-3-18(13-19)17-7-9-20(10-8-17)29(26,27)25-15-16-6-11-21(24-14-16)22-5-2-12-28-22/h1-14,25H,15H2. The summed E-state index contributed by atoms with van der Waals surface area (Å²) in [5.74, 6) is 0.664. The minimum atomic E-state index is -3.64. The summed E-state index contributed by atoms with van der Waals surface area (Å²) in [6.45, 7) is 0.143. The molecule has 2 heterocycles. The molecule has 0 amide bonds. The maximum atomic E-state index is 12.6. The number of hydrogen-bond acceptors (Lipinski definition) is 4. The third kappa shape index (κ3) is 4.56. The van der Waals surface area contributed by atoms with Crippen molar-refractivity contribution in [1.82, 2.24) is 9.71 Å². The molecule has 0 aliphatic heterocycles. The van der Waals surface area contributed by atoms with Crippen LogP contribution in [0.25, 0.3) is 22.6 Å².